The molecule has 2 aliphatic rings. The van der Waals surface area contributed by atoms with Crippen molar-refractivity contribution in [3.63, 3.8) is 0 Å². The van der Waals surface area contributed by atoms with Crippen molar-refractivity contribution < 1.29 is 4.70 Å². The van der Waals surface area contributed by atoms with Crippen LogP contribution in [0.3, 0.4) is 0 Å². The van der Waals surface area contributed by atoms with Gasteiger partial charge in [-0.05, 0) is 30.9 Å². The van der Waals surface area contributed by atoms with Crippen LogP contribution in [0, 0.1) is 11.8 Å². The predicted octanol–water partition coefficient (Wildman–Crippen LogP) is 2.64. The maximum absolute atomic E-state index is 3.72. The van der Waals surface area contributed by atoms with Gasteiger partial charge in [-0.15, -0.1) is 0 Å². The van der Waals surface area contributed by atoms with E-state index in [1.165, 1.54) is 25.1 Å². The van der Waals surface area contributed by atoms with Crippen LogP contribution in [0.25, 0.3) is 0 Å². The second-order valence-corrected chi connectivity index (χ2v) is 5.27. The molecule has 1 heterocycles. The number of para-hydroxylation sites is 1. The molecular weight excluding hydrogens is 215 g/mol. The van der Waals surface area contributed by atoms with Gasteiger partial charge in [0.25, 0.3) is 0 Å². The van der Waals surface area contributed by atoms with E-state index in [0.29, 0.717) is 6.04 Å². The Kier molecular flexibility index (Phi) is 3.67. The fourth-order valence-corrected chi connectivity index (χ4v) is 3.13. The quantitative estimate of drug-likeness (QED) is 0.825. The summed E-state index contributed by atoms with van der Waals surface area (Å²) in [5, 5.41) is 7.27. The van der Waals surface area contributed by atoms with Crippen LogP contribution < -0.4 is 10.6 Å². The van der Waals surface area contributed by atoms with Crippen LogP contribution >= 0.6 is 0 Å². The summed E-state index contributed by atoms with van der Waals surface area (Å²) in [6.07, 6.45) is 2.71. The summed E-state index contributed by atoms with van der Waals surface area (Å²) in [6.45, 7) is 3.58. The normalized spacial score (nSPS) is 35.1. The van der Waals surface area contributed by atoms with Gasteiger partial charge in [-0.25, -0.2) is 0 Å². The minimum Gasteiger partial charge on any atom is -0.382 e. The summed E-state index contributed by atoms with van der Waals surface area (Å²) in [5.74, 6) is 1.63. The number of rotatable bonds is 2. The molecule has 0 bridgehead atoms. The molecule has 1 aromatic rings. The number of nitrogens with one attached hydrogen (secondary N) is 2. The highest BCUT2D eigenvalue weighted by molar-refractivity contribution is 5.44. The van der Waals surface area contributed by atoms with E-state index in [-0.39, 0.29) is 4.70 Å². The summed E-state index contributed by atoms with van der Waals surface area (Å²) < 4.78 is 0. The second kappa shape index (κ2) is 5.05. The average Bonchev–Trinajstić information content (AvgIpc) is 2.26. The van der Waals surface area contributed by atoms with Crippen molar-refractivity contribution in [2.24, 2.45) is 11.8 Å². The molecule has 2 N–H and O–H groups in total. The van der Waals surface area contributed by atoms with Crippen molar-refractivity contribution in [1.82, 2.24) is 5.32 Å². The Morgan fingerprint density at radius 2 is 1.94 bits per heavy atom. The second-order valence-electron chi connectivity index (χ2n) is 5.27. The summed E-state index contributed by atoms with van der Waals surface area (Å²) in [5.41, 5.74) is 1.27. The molecule has 1 saturated carbocycles. The Balaban J connectivity index is 0.00000108. The molecule has 94 valence electrons. The highest BCUT2D eigenvalue weighted by atomic mass is 19.0. The topological polar surface area (TPSA) is 24.1 Å². The monoisotopic (exact) mass is 236 g/mol. The van der Waals surface area contributed by atoms with Crippen LogP contribution in [0.1, 0.15) is 19.8 Å². The van der Waals surface area contributed by atoms with Crippen LogP contribution in [-0.2, 0) is 0 Å². The van der Waals surface area contributed by atoms with Crippen LogP contribution in [0.2, 0.25) is 0 Å². The molecule has 0 aromatic heterocycles. The average molecular weight is 236 g/mol. The van der Waals surface area contributed by atoms with Crippen molar-refractivity contribution in [3.05, 3.63) is 30.3 Å². The zero-order chi connectivity index (χ0) is 11.0. The first-order valence-electron chi connectivity index (χ1n) is 6.39. The van der Waals surface area contributed by atoms with E-state index in [0.717, 1.165) is 17.9 Å². The molecule has 0 amide bonds. The van der Waals surface area contributed by atoms with E-state index in [1.54, 1.807) is 0 Å². The van der Waals surface area contributed by atoms with Crippen LogP contribution in [0.4, 0.5) is 10.4 Å². The van der Waals surface area contributed by atoms with E-state index in [1.807, 2.05) is 0 Å². The van der Waals surface area contributed by atoms with Gasteiger partial charge in [-0.1, -0.05) is 25.1 Å². The highest BCUT2D eigenvalue weighted by Crippen LogP contribution is 2.35. The van der Waals surface area contributed by atoms with Crippen molar-refractivity contribution in [2.75, 3.05) is 11.9 Å². The van der Waals surface area contributed by atoms with Crippen LogP contribution in [0.15, 0.2) is 30.3 Å². The standard InChI is InChI=1S/C14H20N2.FH/c1-10-7-8-13-12(9-15-13)14(10)16-11-5-3-2-4-6-11;/h2-6,10,12-16H,7-9H2,1H3;1H. The number of hydrogen-bond donors (Lipinski definition) is 2. The third-order valence-corrected chi connectivity index (χ3v) is 4.25. The van der Waals surface area contributed by atoms with E-state index >= 15 is 0 Å². The Bertz CT molecular complexity index is 354. The molecule has 1 aromatic carbocycles. The molecule has 0 radical (unpaired) electrons. The van der Waals surface area contributed by atoms with E-state index in [4.69, 9.17) is 0 Å². The van der Waals surface area contributed by atoms with Gasteiger partial charge in [0.1, 0.15) is 0 Å². The van der Waals surface area contributed by atoms with Gasteiger partial charge in [0.15, 0.2) is 0 Å². The first-order chi connectivity index (χ1) is 7.84. The van der Waals surface area contributed by atoms with Gasteiger partial charge < -0.3 is 10.6 Å². The molecule has 1 saturated heterocycles. The summed E-state index contributed by atoms with van der Waals surface area (Å²) in [6, 6.07) is 12.0. The number of halogens is 1. The van der Waals surface area contributed by atoms with Crippen LogP contribution in [0.5, 0.6) is 0 Å². The third kappa shape index (κ3) is 2.29. The van der Waals surface area contributed by atoms with E-state index in [9.17, 15) is 0 Å². The molecule has 2 nitrogen and oxygen atoms in total. The van der Waals surface area contributed by atoms with Crippen molar-refractivity contribution >= 4 is 5.69 Å². The lowest BCUT2D eigenvalue weighted by Crippen LogP contribution is -2.63. The molecule has 4 unspecified atom stereocenters. The molecule has 4 atom stereocenters. The van der Waals surface area contributed by atoms with Crippen molar-refractivity contribution in [1.29, 1.82) is 0 Å². The number of hydrogen-bond acceptors (Lipinski definition) is 2. The Hall–Kier alpha value is -1.09. The van der Waals surface area contributed by atoms with Gasteiger partial charge >= 0.3 is 0 Å². The molecule has 0 spiro atoms. The molecule has 2 fully saturated rings. The molecule has 17 heavy (non-hydrogen) atoms. The smallest absolute Gasteiger partial charge is 0.0342 e. The van der Waals surface area contributed by atoms with Gasteiger partial charge in [0.05, 0.1) is 0 Å². The maximum Gasteiger partial charge on any atom is 0.0342 e. The lowest BCUT2D eigenvalue weighted by atomic mass is 9.70. The summed E-state index contributed by atoms with van der Waals surface area (Å²) in [7, 11) is 0. The zero-order valence-electron chi connectivity index (χ0n) is 10.2. The van der Waals surface area contributed by atoms with Crippen molar-refractivity contribution in [3.8, 4) is 0 Å². The molecular formula is C14H21FN2. The first-order valence-corrected chi connectivity index (χ1v) is 6.39. The van der Waals surface area contributed by atoms with Gasteiger partial charge in [-0.2, -0.15) is 0 Å². The van der Waals surface area contributed by atoms with Crippen LogP contribution in [-0.4, -0.2) is 18.6 Å². The molecule has 1 aliphatic carbocycles. The van der Waals surface area contributed by atoms with E-state index < -0.39 is 0 Å². The van der Waals surface area contributed by atoms with Gasteiger partial charge in [-0.3, -0.25) is 4.70 Å². The minimum atomic E-state index is 0. The molecule has 3 rings (SSSR count). The van der Waals surface area contributed by atoms with Crippen molar-refractivity contribution in [2.45, 2.75) is 31.8 Å². The summed E-state index contributed by atoms with van der Waals surface area (Å²) in [4.78, 5) is 0. The Morgan fingerprint density at radius 1 is 1.18 bits per heavy atom. The number of anilines is 1. The Labute approximate surface area is 102 Å². The fourth-order valence-electron chi connectivity index (χ4n) is 3.13. The van der Waals surface area contributed by atoms with Gasteiger partial charge in [0, 0.05) is 30.2 Å². The predicted molar refractivity (Wildman–Crippen MR) is 70.0 cm³/mol. The number of fused-ring (bicyclic) bond motifs is 1. The minimum absolute atomic E-state index is 0. The zero-order valence-corrected chi connectivity index (χ0v) is 10.2. The lowest BCUT2D eigenvalue weighted by Gasteiger charge is -2.50. The maximum atomic E-state index is 3.72. The fraction of sp³-hybridized carbons (Fsp3) is 0.571. The first kappa shape index (κ1) is 12.4. The Morgan fingerprint density at radius 3 is 2.59 bits per heavy atom. The lowest BCUT2D eigenvalue weighted by molar-refractivity contribution is 0.114. The third-order valence-electron chi connectivity index (χ3n) is 4.25. The molecule has 3 heteroatoms. The van der Waals surface area contributed by atoms with Gasteiger partial charge in [0.2, 0.25) is 0 Å². The molecule has 1 aliphatic heterocycles. The number of benzene rings is 1. The largest absolute Gasteiger partial charge is 0.382 e. The summed E-state index contributed by atoms with van der Waals surface area (Å²) >= 11 is 0. The SMILES string of the molecule is CC1CCC2NCC2C1Nc1ccccc1.F. The highest BCUT2D eigenvalue weighted by Gasteiger charge is 2.42. The van der Waals surface area contributed by atoms with E-state index in [2.05, 4.69) is 47.9 Å².